The maximum absolute atomic E-state index is 12.4. The van der Waals surface area contributed by atoms with Crippen molar-refractivity contribution < 1.29 is 9.53 Å². The van der Waals surface area contributed by atoms with Gasteiger partial charge in [-0.15, -0.1) is 10.2 Å². The summed E-state index contributed by atoms with van der Waals surface area (Å²) in [4.78, 5) is 16.5. The molecule has 1 aromatic carbocycles. The van der Waals surface area contributed by atoms with Gasteiger partial charge in [0.2, 0.25) is 5.91 Å². The van der Waals surface area contributed by atoms with E-state index < -0.39 is 0 Å². The summed E-state index contributed by atoms with van der Waals surface area (Å²) < 4.78 is 7.24. The quantitative estimate of drug-likeness (QED) is 0.384. The third kappa shape index (κ3) is 5.56. The minimum absolute atomic E-state index is 0.00107. The lowest BCUT2D eigenvalue weighted by Gasteiger charge is -2.13. The number of amides is 1. The fraction of sp³-hybridized carbons (Fsp3) is 0.333. The van der Waals surface area contributed by atoms with E-state index >= 15 is 0 Å². The van der Waals surface area contributed by atoms with E-state index in [1.165, 1.54) is 36.6 Å². The van der Waals surface area contributed by atoms with Gasteiger partial charge in [-0.05, 0) is 68.5 Å². The van der Waals surface area contributed by atoms with Gasteiger partial charge < -0.3 is 10.1 Å². The second-order valence-electron chi connectivity index (χ2n) is 7.57. The predicted octanol–water partition coefficient (Wildman–Crippen LogP) is 4.44. The highest BCUT2D eigenvalue weighted by atomic mass is 32.2. The zero-order valence-corrected chi connectivity index (χ0v) is 19.0. The van der Waals surface area contributed by atoms with E-state index in [2.05, 4.69) is 26.6 Å². The van der Waals surface area contributed by atoms with Crippen molar-refractivity contribution in [2.75, 3.05) is 19.4 Å². The van der Waals surface area contributed by atoms with Crippen LogP contribution < -0.4 is 10.1 Å². The van der Waals surface area contributed by atoms with Gasteiger partial charge in [-0.2, -0.15) is 0 Å². The van der Waals surface area contributed by atoms with Crippen LogP contribution in [0.5, 0.6) is 5.75 Å². The molecule has 0 spiro atoms. The lowest BCUT2D eigenvalue weighted by molar-refractivity contribution is -0.118. The molecule has 1 N–H and O–H groups in total. The molecule has 2 aromatic heterocycles. The zero-order chi connectivity index (χ0) is 22.2. The largest absolute Gasteiger partial charge is 0.497 e. The van der Waals surface area contributed by atoms with Gasteiger partial charge in [-0.3, -0.25) is 14.3 Å². The summed E-state index contributed by atoms with van der Waals surface area (Å²) in [7, 11) is 1.64. The summed E-state index contributed by atoms with van der Waals surface area (Å²) in [6.07, 6.45) is 11.6. The summed E-state index contributed by atoms with van der Waals surface area (Å²) in [5, 5.41) is 12.5. The van der Waals surface area contributed by atoms with E-state index in [0.29, 0.717) is 17.5 Å². The van der Waals surface area contributed by atoms with E-state index in [1.807, 2.05) is 41.0 Å². The third-order valence-electron chi connectivity index (χ3n) is 5.39. The Hall–Kier alpha value is -3.13. The maximum Gasteiger partial charge on any atom is 0.230 e. The summed E-state index contributed by atoms with van der Waals surface area (Å²) in [6, 6.07) is 11.5. The van der Waals surface area contributed by atoms with E-state index in [-0.39, 0.29) is 11.7 Å². The van der Waals surface area contributed by atoms with E-state index in [9.17, 15) is 4.79 Å². The summed E-state index contributed by atoms with van der Waals surface area (Å²) in [5.41, 5.74) is 3.26. The molecule has 1 aliphatic rings. The van der Waals surface area contributed by atoms with Crippen molar-refractivity contribution in [2.24, 2.45) is 0 Å². The molecule has 8 heteroatoms. The van der Waals surface area contributed by atoms with Crippen molar-refractivity contribution in [3.63, 3.8) is 0 Å². The van der Waals surface area contributed by atoms with Gasteiger partial charge in [0.05, 0.1) is 12.9 Å². The van der Waals surface area contributed by atoms with Crippen LogP contribution in [0.4, 0.5) is 0 Å². The van der Waals surface area contributed by atoms with Crippen molar-refractivity contribution >= 4 is 17.7 Å². The monoisotopic (exact) mass is 449 g/mol. The molecule has 1 amide bonds. The molecule has 0 atom stereocenters. The van der Waals surface area contributed by atoms with Crippen LogP contribution in [0.1, 0.15) is 32.1 Å². The Bertz CT molecular complexity index is 1060. The molecule has 1 aliphatic carbocycles. The number of nitrogens with zero attached hydrogens (tertiary/aromatic N) is 4. The number of carbonyl (C=O) groups is 1. The molecule has 0 radical (unpaired) electrons. The number of hydrogen-bond donors (Lipinski definition) is 1. The lowest BCUT2D eigenvalue weighted by atomic mass is 9.97. The molecular weight excluding hydrogens is 422 g/mol. The first-order chi connectivity index (χ1) is 15.7. The first-order valence-corrected chi connectivity index (χ1v) is 11.8. The predicted molar refractivity (Wildman–Crippen MR) is 126 cm³/mol. The van der Waals surface area contributed by atoms with Gasteiger partial charge in [-0.1, -0.05) is 23.4 Å². The number of thioether (sulfide) groups is 1. The lowest BCUT2D eigenvalue weighted by Crippen LogP contribution is -2.26. The summed E-state index contributed by atoms with van der Waals surface area (Å²) >= 11 is 1.38. The maximum atomic E-state index is 12.4. The minimum atomic E-state index is 0.00107. The van der Waals surface area contributed by atoms with Crippen molar-refractivity contribution in [1.82, 2.24) is 25.1 Å². The molecule has 7 nitrogen and oxygen atoms in total. The molecule has 4 rings (SSSR count). The van der Waals surface area contributed by atoms with Crippen molar-refractivity contribution in [3.8, 4) is 22.8 Å². The molecule has 166 valence electrons. The standard InChI is InChI=1S/C24H27N5O2S/c1-31-21-9-7-20(8-10-21)29-23(19-12-14-25-15-13-19)27-28-24(29)32-17-22(30)26-16-11-18-5-3-2-4-6-18/h5,7-10,12-15H,2-4,6,11,16-17H2,1H3,(H,26,30). The molecule has 32 heavy (non-hydrogen) atoms. The molecule has 0 unspecified atom stereocenters. The van der Waals surface area contributed by atoms with Crippen molar-refractivity contribution in [1.29, 1.82) is 0 Å². The van der Waals surface area contributed by atoms with Crippen LogP contribution in [0.15, 0.2) is 65.6 Å². The first kappa shape index (κ1) is 22.1. The van der Waals surface area contributed by atoms with E-state index in [4.69, 9.17) is 4.74 Å². The minimum Gasteiger partial charge on any atom is -0.497 e. The Kier molecular flexibility index (Phi) is 7.55. The number of benzene rings is 1. The molecular formula is C24H27N5O2S. The van der Waals surface area contributed by atoms with Crippen LogP contribution in [0.3, 0.4) is 0 Å². The topological polar surface area (TPSA) is 81.9 Å². The molecule has 0 saturated carbocycles. The Balaban J connectivity index is 1.46. The number of ether oxygens (including phenoxy) is 1. The molecule has 0 aliphatic heterocycles. The van der Waals surface area contributed by atoms with Gasteiger partial charge in [-0.25, -0.2) is 0 Å². The number of pyridine rings is 1. The van der Waals surface area contributed by atoms with E-state index in [0.717, 1.165) is 29.8 Å². The third-order valence-corrected chi connectivity index (χ3v) is 6.32. The highest BCUT2D eigenvalue weighted by Crippen LogP contribution is 2.28. The average Bonchev–Trinajstić information content (AvgIpc) is 3.28. The molecule has 2 heterocycles. The number of nitrogens with one attached hydrogen (secondary N) is 1. The zero-order valence-electron chi connectivity index (χ0n) is 18.2. The van der Waals surface area contributed by atoms with Gasteiger partial charge in [0.1, 0.15) is 5.75 Å². The fourth-order valence-electron chi connectivity index (χ4n) is 3.69. The summed E-state index contributed by atoms with van der Waals surface area (Å²) in [6.45, 7) is 0.679. The Labute approximate surface area is 192 Å². The Morgan fingerprint density at radius 3 is 2.66 bits per heavy atom. The highest BCUT2D eigenvalue weighted by molar-refractivity contribution is 7.99. The molecule has 0 saturated heterocycles. The van der Waals surface area contributed by atoms with E-state index in [1.54, 1.807) is 19.5 Å². The number of allylic oxidation sites excluding steroid dienone is 1. The van der Waals surface area contributed by atoms with Gasteiger partial charge in [0.25, 0.3) is 0 Å². The smallest absolute Gasteiger partial charge is 0.230 e. The number of carbonyl (C=O) groups excluding carboxylic acids is 1. The number of methoxy groups -OCH3 is 1. The fourth-order valence-corrected chi connectivity index (χ4v) is 4.47. The number of rotatable bonds is 9. The molecule has 0 fully saturated rings. The molecule has 3 aromatic rings. The highest BCUT2D eigenvalue weighted by Gasteiger charge is 2.17. The Morgan fingerprint density at radius 1 is 1.12 bits per heavy atom. The van der Waals surface area contributed by atoms with Crippen molar-refractivity contribution in [3.05, 3.63) is 60.4 Å². The average molecular weight is 450 g/mol. The number of aromatic nitrogens is 4. The molecule has 0 bridgehead atoms. The van der Waals surface area contributed by atoms with Crippen LogP contribution in [-0.2, 0) is 4.79 Å². The summed E-state index contributed by atoms with van der Waals surface area (Å²) in [5.74, 6) is 1.75. The van der Waals surface area contributed by atoms with Gasteiger partial charge in [0, 0.05) is 30.2 Å². The van der Waals surface area contributed by atoms with Crippen LogP contribution in [0.25, 0.3) is 17.1 Å². The Morgan fingerprint density at radius 2 is 1.94 bits per heavy atom. The van der Waals surface area contributed by atoms with Crippen LogP contribution in [0.2, 0.25) is 0 Å². The van der Waals surface area contributed by atoms with Crippen LogP contribution >= 0.6 is 11.8 Å². The first-order valence-electron chi connectivity index (χ1n) is 10.8. The van der Waals surface area contributed by atoms with Gasteiger partial charge in [0.15, 0.2) is 11.0 Å². The van der Waals surface area contributed by atoms with Gasteiger partial charge >= 0.3 is 0 Å². The van der Waals surface area contributed by atoms with Crippen LogP contribution in [-0.4, -0.2) is 45.1 Å². The van der Waals surface area contributed by atoms with Crippen LogP contribution in [0, 0.1) is 0 Å². The normalized spacial score (nSPS) is 13.5. The second-order valence-corrected chi connectivity index (χ2v) is 8.51. The second kappa shape index (κ2) is 10.9. The number of hydrogen-bond acceptors (Lipinski definition) is 6. The SMILES string of the molecule is COc1ccc(-n2c(SCC(=O)NCCC3=CCCCC3)nnc2-c2ccncc2)cc1. The van der Waals surface area contributed by atoms with Crippen molar-refractivity contribution in [2.45, 2.75) is 37.3 Å².